The summed E-state index contributed by atoms with van der Waals surface area (Å²) in [5.74, 6) is -0.172. The smallest absolute Gasteiger partial charge is 0.255 e. The van der Waals surface area contributed by atoms with Crippen molar-refractivity contribution in [2.75, 3.05) is 25.5 Å². The highest BCUT2D eigenvalue weighted by Crippen LogP contribution is 2.30. The number of hydrogen-bond donors (Lipinski definition) is 1. The molecule has 2 aromatic carbocycles. The molecule has 2 heterocycles. The van der Waals surface area contributed by atoms with Gasteiger partial charge in [0.05, 0.1) is 13.4 Å². The van der Waals surface area contributed by atoms with Gasteiger partial charge in [0.25, 0.3) is 5.91 Å². The molecule has 9 heteroatoms. The maximum Gasteiger partial charge on any atom is 0.255 e. The lowest BCUT2D eigenvalue weighted by Crippen LogP contribution is -2.28. The van der Waals surface area contributed by atoms with E-state index in [9.17, 15) is 13.2 Å². The summed E-state index contributed by atoms with van der Waals surface area (Å²) in [5.41, 5.74) is 1.75. The number of nitrogens with zero attached hydrogens (tertiary/aromatic N) is 3. The number of amides is 1. The lowest BCUT2D eigenvalue weighted by molar-refractivity contribution is 0.102. The quantitative estimate of drug-likeness (QED) is 0.654. The van der Waals surface area contributed by atoms with Gasteiger partial charge < -0.3 is 14.6 Å². The summed E-state index contributed by atoms with van der Waals surface area (Å²) in [4.78, 5) is 16.8. The van der Waals surface area contributed by atoms with E-state index in [0.29, 0.717) is 18.8 Å². The molecule has 4 rings (SSSR count). The molecular weight excluding hydrogens is 404 g/mol. The van der Waals surface area contributed by atoms with E-state index < -0.39 is 15.9 Å². The van der Waals surface area contributed by atoms with Gasteiger partial charge in [-0.05, 0) is 55.3 Å². The van der Waals surface area contributed by atoms with Crippen molar-refractivity contribution in [2.24, 2.45) is 0 Å². The number of aromatic nitrogens is 2. The SMILES string of the molecule is COc1ccc(C(=O)Nc2ccc(-n3ccnc3)cc2)cc1S(=O)(=O)N1CCCC1. The molecule has 0 aliphatic carbocycles. The third-order valence-electron chi connectivity index (χ3n) is 5.04. The fourth-order valence-corrected chi connectivity index (χ4v) is 5.12. The topological polar surface area (TPSA) is 93.5 Å². The Morgan fingerprint density at radius 3 is 2.47 bits per heavy atom. The second-order valence-electron chi connectivity index (χ2n) is 6.95. The van der Waals surface area contributed by atoms with Crippen LogP contribution in [0, 0.1) is 0 Å². The maximum absolute atomic E-state index is 13.0. The van der Waals surface area contributed by atoms with Crippen LogP contribution in [-0.2, 0) is 10.0 Å². The van der Waals surface area contributed by atoms with Gasteiger partial charge in [0.1, 0.15) is 10.6 Å². The largest absolute Gasteiger partial charge is 0.495 e. The van der Waals surface area contributed by atoms with Crippen molar-refractivity contribution < 1.29 is 17.9 Å². The van der Waals surface area contributed by atoms with Gasteiger partial charge in [-0.25, -0.2) is 13.4 Å². The molecule has 1 N–H and O–H groups in total. The summed E-state index contributed by atoms with van der Waals surface area (Å²) in [6.07, 6.45) is 6.86. The van der Waals surface area contributed by atoms with Gasteiger partial charge in [0.2, 0.25) is 10.0 Å². The van der Waals surface area contributed by atoms with Crippen molar-refractivity contribution in [1.29, 1.82) is 0 Å². The average molecular weight is 426 g/mol. The molecule has 1 fully saturated rings. The fourth-order valence-electron chi connectivity index (χ4n) is 3.42. The molecule has 0 atom stereocenters. The van der Waals surface area contributed by atoms with E-state index in [2.05, 4.69) is 10.3 Å². The third-order valence-corrected chi connectivity index (χ3v) is 6.96. The normalized spacial score (nSPS) is 14.6. The standard InChI is InChI=1S/C21H22N4O4S/c1-29-19-9-4-16(14-20(19)30(27,28)25-11-2-3-12-25)21(26)23-17-5-7-18(8-6-17)24-13-10-22-15-24/h4-10,13-15H,2-3,11-12H2,1H3,(H,23,26). The number of ether oxygens (including phenoxy) is 1. The van der Waals surface area contributed by atoms with Gasteiger partial charge in [0, 0.05) is 42.4 Å². The lowest BCUT2D eigenvalue weighted by Gasteiger charge is -2.18. The van der Waals surface area contributed by atoms with Crippen LogP contribution in [0.15, 0.2) is 66.1 Å². The van der Waals surface area contributed by atoms with Crippen molar-refractivity contribution in [1.82, 2.24) is 13.9 Å². The van der Waals surface area contributed by atoms with E-state index in [0.717, 1.165) is 18.5 Å². The second kappa shape index (κ2) is 8.29. The van der Waals surface area contributed by atoms with Gasteiger partial charge in [-0.3, -0.25) is 4.79 Å². The number of carbonyl (C=O) groups is 1. The molecule has 156 valence electrons. The number of benzene rings is 2. The number of carbonyl (C=O) groups excluding carboxylic acids is 1. The number of methoxy groups -OCH3 is 1. The first kappa shape index (κ1) is 20.1. The van der Waals surface area contributed by atoms with E-state index in [1.165, 1.54) is 23.5 Å². The molecule has 1 amide bonds. The van der Waals surface area contributed by atoms with Crippen molar-refractivity contribution >= 4 is 21.6 Å². The molecule has 0 unspecified atom stereocenters. The first-order valence-corrected chi connectivity index (χ1v) is 11.0. The molecular formula is C21H22N4O4S. The predicted molar refractivity (Wildman–Crippen MR) is 113 cm³/mol. The van der Waals surface area contributed by atoms with Crippen LogP contribution in [0.4, 0.5) is 5.69 Å². The Bertz CT molecular complexity index is 1140. The summed E-state index contributed by atoms with van der Waals surface area (Å²) in [6.45, 7) is 0.955. The monoisotopic (exact) mass is 426 g/mol. The van der Waals surface area contributed by atoms with Crippen molar-refractivity contribution in [2.45, 2.75) is 17.7 Å². The van der Waals surface area contributed by atoms with Crippen LogP contribution in [0.3, 0.4) is 0 Å². The summed E-state index contributed by atoms with van der Waals surface area (Å²) in [6, 6.07) is 11.7. The second-order valence-corrected chi connectivity index (χ2v) is 8.85. The number of imidazole rings is 1. The van der Waals surface area contributed by atoms with E-state index in [1.807, 2.05) is 22.9 Å². The first-order valence-electron chi connectivity index (χ1n) is 9.57. The minimum Gasteiger partial charge on any atom is -0.495 e. The van der Waals surface area contributed by atoms with Crippen LogP contribution >= 0.6 is 0 Å². The van der Waals surface area contributed by atoms with Crippen LogP contribution in [-0.4, -0.2) is 48.4 Å². The number of hydrogen-bond acceptors (Lipinski definition) is 5. The zero-order valence-electron chi connectivity index (χ0n) is 16.5. The molecule has 0 saturated carbocycles. The number of nitrogens with one attached hydrogen (secondary N) is 1. The van der Waals surface area contributed by atoms with Gasteiger partial charge in [0.15, 0.2) is 0 Å². The van der Waals surface area contributed by atoms with Gasteiger partial charge in [-0.2, -0.15) is 4.31 Å². The van der Waals surface area contributed by atoms with Crippen molar-refractivity contribution in [3.8, 4) is 11.4 Å². The molecule has 0 radical (unpaired) electrons. The Morgan fingerprint density at radius 2 is 1.83 bits per heavy atom. The first-order chi connectivity index (χ1) is 14.5. The van der Waals surface area contributed by atoms with Crippen LogP contribution < -0.4 is 10.1 Å². The molecule has 1 aromatic heterocycles. The van der Waals surface area contributed by atoms with Crippen molar-refractivity contribution in [3.63, 3.8) is 0 Å². The molecule has 0 spiro atoms. The molecule has 3 aromatic rings. The van der Waals surface area contributed by atoms with E-state index in [1.54, 1.807) is 30.7 Å². The maximum atomic E-state index is 13.0. The molecule has 8 nitrogen and oxygen atoms in total. The summed E-state index contributed by atoms with van der Waals surface area (Å²) in [7, 11) is -2.30. The minimum atomic E-state index is -3.72. The van der Waals surface area contributed by atoms with Gasteiger partial charge >= 0.3 is 0 Å². The molecule has 30 heavy (non-hydrogen) atoms. The Morgan fingerprint density at radius 1 is 1.10 bits per heavy atom. The summed E-state index contributed by atoms with van der Waals surface area (Å²) < 4.78 is 34.5. The van der Waals surface area contributed by atoms with Gasteiger partial charge in [-0.1, -0.05) is 0 Å². The zero-order valence-corrected chi connectivity index (χ0v) is 17.3. The number of sulfonamides is 1. The third kappa shape index (κ3) is 3.94. The molecule has 1 aliphatic heterocycles. The fraction of sp³-hybridized carbons (Fsp3) is 0.238. The zero-order chi connectivity index (χ0) is 21.1. The molecule has 1 aliphatic rings. The number of anilines is 1. The molecule has 0 bridgehead atoms. The Kier molecular flexibility index (Phi) is 5.56. The van der Waals surface area contributed by atoms with Crippen LogP contribution in [0.5, 0.6) is 5.75 Å². The van der Waals surface area contributed by atoms with Gasteiger partial charge in [-0.15, -0.1) is 0 Å². The highest BCUT2D eigenvalue weighted by Gasteiger charge is 2.30. The van der Waals surface area contributed by atoms with E-state index in [-0.39, 0.29) is 16.2 Å². The van der Waals surface area contributed by atoms with Crippen LogP contribution in [0.25, 0.3) is 5.69 Å². The Balaban J connectivity index is 1.57. The highest BCUT2D eigenvalue weighted by molar-refractivity contribution is 7.89. The predicted octanol–water partition coefficient (Wildman–Crippen LogP) is 2.92. The minimum absolute atomic E-state index is 0.00926. The van der Waals surface area contributed by atoms with Crippen LogP contribution in [0.2, 0.25) is 0 Å². The highest BCUT2D eigenvalue weighted by atomic mass is 32.2. The number of rotatable bonds is 6. The summed E-state index contributed by atoms with van der Waals surface area (Å²) in [5, 5.41) is 2.80. The Labute approximate surface area is 175 Å². The lowest BCUT2D eigenvalue weighted by atomic mass is 10.2. The van der Waals surface area contributed by atoms with E-state index >= 15 is 0 Å². The van der Waals surface area contributed by atoms with Crippen molar-refractivity contribution in [3.05, 3.63) is 66.7 Å². The van der Waals surface area contributed by atoms with E-state index in [4.69, 9.17) is 4.74 Å². The summed E-state index contributed by atoms with van der Waals surface area (Å²) >= 11 is 0. The van der Waals surface area contributed by atoms with Crippen LogP contribution in [0.1, 0.15) is 23.2 Å². The average Bonchev–Trinajstić information content (AvgIpc) is 3.48. The molecule has 1 saturated heterocycles. The Hall–Kier alpha value is -3.17.